The van der Waals surface area contributed by atoms with Gasteiger partial charge in [0.15, 0.2) is 5.78 Å². The topological polar surface area (TPSA) is 60.2 Å². The van der Waals surface area contributed by atoms with E-state index >= 15 is 0 Å². The monoisotopic (exact) mass is 247 g/mol. The van der Waals surface area contributed by atoms with Gasteiger partial charge >= 0.3 is 5.69 Å². The molecule has 0 fully saturated rings. The van der Waals surface area contributed by atoms with Gasteiger partial charge < -0.3 is 0 Å². The predicted octanol–water partition coefficient (Wildman–Crippen LogP) is 2.42. The summed E-state index contributed by atoms with van der Waals surface area (Å²) in [6, 6.07) is 1.12. The van der Waals surface area contributed by atoms with Gasteiger partial charge in [0, 0.05) is 0 Å². The molecule has 0 atom stereocenters. The molecule has 0 N–H and O–H groups in total. The number of nitro groups is 1. The van der Waals surface area contributed by atoms with Crippen molar-refractivity contribution in [2.45, 2.75) is 0 Å². The molecule has 86 valence electrons. The number of hydrogen-bond donors (Lipinski definition) is 0. The number of benzene rings is 1. The Morgan fingerprint density at radius 3 is 2.62 bits per heavy atom. The Balaban J connectivity index is 3.29. The normalized spacial score (nSPS) is 10.2. The Morgan fingerprint density at radius 2 is 2.12 bits per heavy atom. The van der Waals surface area contributed by atoms with Crippen LogP contribution in [0.2, 0.25) is 0 Å². The first kappa shape index (κ1) is 12.6. The van der Waals surface area contributed by atoms with Crippen LogP contribution in [-0.2, 0) is 0 Å². The predicted molar refractivity (Wildman–Crippen MR) is 55.7 cm³/mol. The third-order valence-corrected chi connectivity index (χ3v) is 2.34. The highest BCUT2D eigenvalue weighted by atomic mass is 32.2. The first-order valence-electron chi connectivity index (χ1n) is 4.13. The first-order valence-corrected chi connectivity index (χ1v) is 5.52. The molecule has 1 aromatic rings. The SMILES string of the molecule is CSCC(=O)c1cc(F)cc([N+](=O)[O-])c1F. The molecule has 0 aliphatic heterocycles. The van der Waals surface area contributed by atoms with Crippen molar-refractivity contribution >= 4 is 23.2 Å². The molecule has 0 amide bonds. The van der Waals surface area contributed by atoms with Crippen molar-refractivity contribution in [1.29, 1.82) is 0 Å². The molecular weight excluding hydrogens is 240 g/mol. The van der Waals surface area contributed by atoms with Crippen molar-refractivity contribution in [3.63, 3.8) is 0 Å². The highest BCUT2D eigenvalue weighted by Gasteiger charge is 2.23. The van der Waals surface area contributed by atoms with Crippen molar-refractivity contribution in [3.05, 3.63) is 39.4 Å². The van der Waals surface area contributed by atoms with Crippen LogP contribution in [0.25, 0.3) is 0 Å². The molecule has 1 aromatic carbocycles. The van der Waals surface area contributed by atoms with Gasteiger partial charge in [0.1, 0.15) is 5.82 Å². The van der Waals surface area contributed by atoms with Crippen LogP contribution in [0, 0.1) is 21.7 Å². The van der Waals surface area contributed by atoms with Crippen LogP contribution in [0.4, 0.5) is 14.5 Å². The van der Waals surface area contributed by atoms with E-state index in [1.165, 1.54) is 0 Å². The lowest BCUT2D eigenvalue weighted by atomic mass is 10.1. The minimum absolute atomic E-state index is 0.0580. The standard InChI is InChI=1S/C9H7F2NO3S/c1-16-4-8(13)6-2-5(10)3-7(9(6)11)12(14)15/h2-3H,4H2,1H3. The lowest BCUT2D eigenvalue weighted by molar-refractivity contribution is -0.387. The number of Topliss-reactive ketones (excluding diaryl/α,β-unsaturated/α-hetero) is 1. The fourth-order valence-electron chi connectivity index (χ4n) is 1.12. The molecule has 0 aliphatic rings. The van der Waals surface area contributed by atoms with Gasteiger partial charge in [-0.2, -0.15) is 16.2 Å². The number of thioether (sulfide) groups is 1. The van der Waals surface area contributed by atoms with Crippen LogP contribution in [0.5, 0.6) is 0 Å². The van der Waals surface area contributed by atoms with Crippen LogP contribution in [0.3, 0.4) is 0 Å². The van der Waals surface area contributed by atoms with Gasteiger partial charge in [-0.25, -0.2) is 4.39 Å². The van der Waals surface area contributed by atoms with Crippen molar-refractivity contribution in [3.8, 4) is 0 Å². The van der Waals surface area contributed by atoms with E-state index in [0.29, 0.717) is 12.1 Å². The number of nitrogens with zero attached hydrogens (tertiary/aromatic N) is 1. The summed E-state index contributed by atoms with van der Waals surface area (Å²) in [5.41, 5.74) is -1.61. The smallest absolute Gasteiger partial charge is 0.293 e. The number of carbonyl (C=O) groups excluding carboxylic acids is 1. The number of rotatable bonds is 4. The van der Waals surface area contributed by atoms with E-state index in [1.54, 1.807) is 6.26 Å². The van der Waals surface area contributed by atoms with Gasteiger partial charge in [-0.1, -0.05) is 0 Å². The molecule has 0 heterocycles. The highest BCUT2D eigenvalue weighted by Crippen LogP contribution is 2.23. The molecule has 0 saturated heterocycles. The number of halogens is 2. The second-order valence-corrected chi connectivity index (χ2v) is 3.77. The zero-order chi connectivity index (χ0) is 12.3. The highest BCUT2D eigenvalue weighted by molar-refractivity contribution is 7.99. The second-order valence-electron chi connectivity index (χ2n) is 2.90. The Labute approximate surface area is 93.8 Å². The summed E-state index contributed by atoms with van der Waals surface area (Å²) in [6.07, 6.45) is 1.61. The minimum atomic E-state index is -1.29. The number of carbonyl (C=O) groups is 1. The molecule has 4 nitrogen and oxygen atoms in total. The van der Waals surface area contributed by atoms with Gasteiger partial charge in [0.2, 0.25) is 5.82 Å². The van der Waals surface area contributed by atoms with Crippen molar-refractivity contribution in [2.75, 3.05) is 12.0 Å². The maximum atomic E-state index is 13.4. The summed E-state index contributed by atoms with van der Waals surface area (Å²) >= 11 is 1.12. The number of hydrogen-bond acceptors (Lipinski definition) is 4. The summed E-state index contributed by atoms with van der Waals surface area (Å²) in [6.45, 7) is 0. The molecule has 7 heteroatoms. The van der Waals surface area contributed by atoms with E-state index in [1.807, 2.05) is 0 Å². The molecule has 0 bridgehead atoms. The Hall–Kier alpha value is -1.50. The van der Waals surface area contributed by atoms with E-state index in [4.69, 9.17) is 0 Å². The maximum absolute atomic E-state index is 13.4. The zero-order valence-corrected chi connectivity index (χ0v) is 9.01. The van der Waals surface area contributed by atoms with Crippen LogP contribution >= 0.6 is 11.8 Å². The number of ketones is 1. The molecule has 0 unspecified atom stereocenters. The first-order chi connectivity index (χ1) is 7.47. The van der Waals surface area contributed by atoms with Crippen molar-refractivity contribution < 1.29 is 18.5 Å². The van der Waals surface area contributed by atoms with Crippen LogP contribution < -0.4 is 0 Å². The average Bonchev–Trinajstić information content (AvgIpc) is 2.20. The van der Waals surface area contributed by atoms with E-state index in [-0.39, 0.29) is 5.75 Å². The van der Waals surface area contributed by atoms with Gasteiger partial charge in [0.05, 0.1) is 22.3 Å². The molecule has 16 heavy (non-hydrogen) atoms. The van der Waals surface area contributed by atoms with Gasteiger partial charge in [-0.05, 0) is 12.3 Å². The summed E-state index contributed by atoms with van der Waals surface area (Å²) in [7, 11) is 0. The molecule has 0 saturated carbocycles. The molecule has 0 radical (unpaired) electrons. The lowest BCUT2D eigenvalue weighted by Gasteiger charge is -2.02. The second kappa shape index (κ2) is 5.02. The largest absolute Gasteiger partial charge is 0.308 e. The minimum Gasteiger partial charge on any atom is -0.293 e. The fraction of sp³-hybridized carbons (Fsp3) is 0.222. The van der Waals surface area contributed by atoms with Gasteiger partial charge in [0.25, 0.3) is 0 Å². The van der Waals surface area contributed by atoms with Gasteiger partial charge in [-0.15, -0.1) is 0 Å². The third kappa shape index (κ3) is 2.54. The summed E-state index contributed by atoms with van der Waals surface area (Å²) < 4.78 is 26.4. The maximum Gasteiger partial charge on any atom is 0.308 e. The van der Waals surface area contributed by atoms with E-state index < -0.39 is 33.6 Å². The fourth-order valence-corrected chi connectivity index (χ4v) is 1.54. The number of nitro benzene ring substituents is 1. The van der Waals surface area contributed by atoms with Crippen molar-refractivity contribution in [1.82, 2.24) is 0 Å². The lowest BCUT2D eigenvalue weighted by Crippen LogP contribution is -2.08. The Kier molecular flexibility index (Phi) is 3.94. The Morgan fingerprint density at radius 1 is 1.50 bits per heavy atom. The average molecular weight is 247 g/mol. The van der Waals surface area contributed by atoms with E-state index in [9.17, 15) is 23.7 Å². The van der Waals surface area contributed by atoms with Crippen LogP contribution in [0.1, 0.15) is 10.4 Å². The van der Waals surface area contributed by atoms with E-state index in [2.05, 4.69) is 0 Å². The van der Waals surface area contributed by atoms with Crippen molar-refractivity contribution in [2.24, 2.45) is 0 Å². The quantitative estimate of drug-likeness (QED) is 0.465. The molecule has 1 rings (SSSR count). The molecule has 0 spiro atoms. The van der Waals surface area contributed by atoms with Crippen LogP contribution in [0.15, 0.2) is 12.1 Å². The molecule has 0 aromatic heterocycles. The summed E-state index contributed by atoms with van der Waals surface area (Å²) in [5.74, 6) is -3.02. The van der Waals surface area contributed by atoms with E-state index in [0.717, 1.165) is 11.8 Å². The van der Waals surface area contributed by atoms with Gasteiger partial charge in [-0.3, -0.25) is 14.9 Å². The molecule has 0 aliphatic carbocycles. The van der Waals surface area contributed by atoms with Crippen LogP contribution in [-0.4, -0.2) is 22.7 Å². The summed E-state index contributed by atoms with van der Waals surface area (Å²) in [4.78, 5) is 20.7. The zero-order valence-electron chi connectivity index (χ0n) is 8.20. The summed E-state index contributed by atoms with van der Waals surface area (Å²) in [5, 5.41) is 10.4. The Bertz CT molecular complexity index is 451. The third-order valence-electron chi connectivity index (χ3n) is 1.79. The molecular formula is C9H7F2NO3S.